The Morgan fingerprint density at radius 2 is 1.74 bits per heavy atom. The number of carbonyl (C=O) groups excluding carboxylic acids is 2. The molecule has 0 aromatic heterocycles. The van der Waals surface area contributed by atoms with Crippen molar-refractivity contribution in [2.45, 2.75) is 50.7 Å². The molecule has 0 bridgehead atoms. The van der Waals surface area contributed by atoms with Crippen LogP contribution >= 0.6 is 0 Å². The van der Waals surface area contributed by atoms with Gasteiger partial charge in [0.1, 0.15) is 6.61 Å². The molecule has 2 amide bonds. The van der Waals surface area contributed by atoms with Crippen LogP contribution in [0, 0.1) is 5.92 Å². The summed E-state index contributed by atoms with van der Waals surface area (Å²) in [6, 6.07) is 16.0. The minimum absolute atomic E-state index is 0.0258. The van der Waals surface area contributed by atoms with E-state index in [1.807, 2.05) is 31.2 Å². The molecule has 2 aliphatic rings. The van der Waals surface area contributed by atoms with E-state index in [9.17, 15) is 14.4 Å². The third-order valence-corrected chi connectivity index (χ3v) is 6.69. The van der Waals surface area contributed by atoms with Crippen LogP contribution < -0.4 is 10.6 Å². The number of fused-ring (bicyclic) bond motifs is 3. The van der Waals surface area contributed by atoms with Crippen LogP contribution in [-0.4, -0.2) is 55.0 Å². The summed E-state index contributed by atoms with van der Waals surface area (Å²) in [5.41, 5.74) is 4.62. The molecule has 1 saturated heterocycles. The van der Waals surface area contributed by atoms with Gasteiger partial charge in [-0.25, -0.2) is 4.79 Å². The number of carboxylic acids is 1. The summed E-state index contributed by atoms with van der Waals surface area (Å²) in [5, 5.41) is 14.7. The van der Waals surface area contributed by atoms with Gasteiger partial charge in [-0.05, 0) is 35.1 Å². The number of alkyl carbamates (subject to hydrolysis) is 1. The lowest BCUT2D eigenvalue weighted by molar-refractivity contribution is -0.141. The molecular weight excluding hydrogens is 448 g/mol. The van der Waals surface area contributed by atoms with Crippen molar-refractivity contribution in [1.29, 1.82) is 0 Å². The quantitative estimate of drug-likeness (QED) is 0.478. The van der Waals surface area contributed by atoms with E-state index in [1.54, 1.807) is 0 Å². The Morgan fingerprint density at radius 1 is 1.09 bits per heavy atom. The van der Waals surface area contributed by atoms with Crippen LogP contribution in [0.3, 0.4) is 0 Å². The van der Waals surface area contributed by atoms with Gasteiger partial charge in [0.15, 0.2) is 0 Å². The van der Waals surface area contributed by atoms with Gasteiger partial charge in [-0.3, -0.25) is 9.59 Å². The Morgan fingerprint density at radius 3 is 2.34 bits per heavy atom. The molecule has 1 aliphatic carbocycles. The number of carboxylic acid groups (broad SMARTS) is 1. The highest BCUT2D eigenvalue weighted by Crippen LogP contribution is 2.44. The molecule has 3 N–H and O–H groups in total. The lowest BCUT2D eigenvalue weighted by Gasteiger charge is -2.20. The summed E-state index contributed by atoms with van der Waals surface area (Å²) < 4.78 is 11.1. The second-order valence-corrected chi connectivity index (χ2v) is 9.19. The number of nitrogens with one attached hydrogen (secondary N) is 2. The summed E-state index contributed by atoms with van der Waals surface area (Å²) in [6.07, 6.45) is 1.09. The number of rotatable bonds is 10. The molecule has 1 fully saturated rings. The van der Waals surface area contributed by atoms with E-state index in [0.717, 1.165) is 17.5 Å². The average molecular weight is 481 g/mol. The van der Waals surface area contributed by atoms with Crippen molar-refractivity contribution in [2.75, 3.05) is 19.8 Å². The Labute approximate surface area is 205 Å². The van der Waals surface area contributed by atoms with E-state index < -0.39 is 18.0 Å². The fraction of sp³-hybridized carbons (Fsp3) is 0.444. The fourth-order valence-corrected chi connectivity index (χ4v) is 4.92. The minimum Gasteiger partial charge on any atom is -0.481 e. The van der Waals surface area contributed by atoms with Crippen LogP contribution in [0.15, 0.2) is 48.5 Å². The van der Waals surface area contributed by atoms with E-state index in [1.165, 1.54) is 11.1 Å². The summed E-state index contributed by atoms with van der Waals surface area (Å²) in [4.78, 5) is 36.1. The van der Waals surface area contributed by atoms with Gasteiger partial charge in [0.2, 0.25) is 5.91 Å². The highest BCUT2D eigenvalue weighted by molar-refractivity contribution is 5.79. The van der Waals surface area contributed by atoms with E-state index in [0.29, 0.717) is 12.8 Å². The van der Waals surface area contributed by atoms with E-state index in [4.69, 9.17) is 14.6 Å². The van der Waals surface area contributed by atoms with E-state index in [-0.39, 0.29) is 50.2 Å². The fourth-order valence-electron chi connectivity index (χ4n) is 4.92. The lowest BCUT2D eigenvalue weighted by Crippen LogP contribution is -2.41. The number of aliphatic carboxylic acids is 1. The maximum absolute atomic E-state index is 12.6. The van der Waals surface area contributed by atoms with Crippen molar-refractivity contribution in [3.63, 3.8) is 0 Å². The van der Waals surface area contributed by atoms with Gasteiger partial charge in [-0.2, -0.15) is 0 Å². The zero-order valence-corrected chi connectivity index (χ0v) is 19.9. The SMILES string of the molecule is CCC[C@@H](CC(=O)NC[C@@H]1C[C@H](C(=O)O)CO1)NC(=O)OCC1c2ccccc2-c2ccccc21. The third-order valence-electron chi connectivity index (χ3n) is 6.69. The van der Waals surface area contributed by atoms with Crippen LogP contribution in [0.25, 0.3) is 11.1 Å². The first-order valence-electron chi connectivity index (χ1n) is 12.2. The molecule has 8 heteroatoms. The second kappa shape index (κ2) is 11.4. The molecular formula is C27H32N2O6. The highest BCUT2D eigenvalue weighted by atomic mass is 16.5. The number of hydrogen-bond acceptors (Lipinski definition) is 5. The normalized spacial score (nSPS) is 19.5. The van der Waals surface area contributed by atoms with Gasteiger partial charge in [0.05, 0.1) is 18.6 Å². The van der Waals surface area contributed by atoms with Crippen LogP contribution in [0.4, 0.5) is 4.79 Å². The third kappa shape index (κ3) is 6.00. The average Bonchev–Trinajstić information content (AvgIpc) is 3.45. The summed E-state index contributed by atoms with van der Waals surface area (Å²) in [7, 11) is 0. The molecule has 0 unspecified atom stereocenters. The Balaban J connectivity index is 1.27. The zero-order chi connectivity index (χ0) is 24.8. The predicted octanol–water partition coefficient (Wildman–Crippen LogP) is 3.69. The number of ether oxygens (including phenoxy) is 2. The Kier molecular flexibility index (Phi) is 8.02. The molecule has 186 valence electrons. The van der Waals surface area contributed by atoms with Crippen molar-refractivity contribution in [3.8, 4) is 11.1 Å². The molecule has 35 heavy (non-hydrogen) atoms. The molecule has 2 aromatic rings. The zero-order valence-electron chi connectivity index (χ0n) is 19.9. The van der Waals surface area contributed by atoms with Crippen molar-refractivity contribution in [3.05, 3.63) is 59.7 Å². The molecule has 8 nitrogen and oxygen atoms in total. The van der Waals surface area contributed by atoms with Crippen molar-refractivity contribution in [2.24, 2.45) is 5.92 Å². The molecule has 0 radical (unpaired) electrons. The summed E-state index contributed by atoms with van der Waals surface area (Å²) in [5.74, 6) is -1.65. The van der Waals surface area contributed by atoms with Crippen molar-refractivity contribution < 1.29 is 29.0 Å². The largest absolute Gasteiger partial charge is 0.481 e. The van der Waals surface area contributed by atoms with E-state index in [2.05, 4.69) is 34.9 Å². The standard InChI is InChI=1S/C27H32N2O6/c1-2-7-18(13-25(30)28-14-19-12-17(15-34-19)26(31)32)29-27(33)35-16-24-22-10-5-3-8-20(22)21-9-4-6-11-23(21)24/h3-6,8-11,17-19,24H,2,7,12-16H2,1H3,(H,28,30)(H,29,33)(H,31,32)/t17-,18-,19-/m0/s1. The maximum atomic E-state index is 12.6. The van der Waals surface area contributed by atoms with Crippen LogP contribution in [-0.2, 0) is 19.1 Å². The van der Waals surface area contributed by atoms with Crippen LogP contribution in [0.5, 0.6) is 0 Å². The molecule has 3 atom stereocenters. The van der Waals surface area contributed by atoms with Crippen molar-refractivity contribution >= 4 is 18.0 Å². The van der Waals surface area contributed by atoms with Gasteiger partial charge in [-0.15, -0.1) is 0 Å². The smallest absolute Gasteiger partial charge is 0.407 e. The number of amides is 2. The number of hydrogen-bond donors (Lipinski definition) is 3. The first-order chi connectivity index (χ1) is 17.0. The molecule has 1 heterocycles. The molecule has 0 saturated carbocycles. The van der Waals surface area contributed by atoms with Gasteiger partial charge in [-0.1, -0.05) is 61.9 Å². The van der Waals surface area contributed by atoms with Crippen molar-refractivity contribution in [1.82, 2.24) is 10.6 Å². The number of carbonyl (C=O) groups is 3. The van der Waals surface area contributed by atoms with Gasteiger partial charge in [0.25, 0.3) is 0 Å². The van der Waals surface area contributed by atoms with Gasteiger partial charge >= 0.3 is 12.1 Å². The number of benzene rings is 2. The topological polar surface area (TPSA) is 114 Å². The minimum atomic E-state index is -0.880. The summed E-state index contributed by atoms with van der Waals surface area (Å²) in [6.45, 7) is 2.63. The van der Waals surface area contributed by atoms with Gasteiger partial charge < -0.3 is 25.2 Å². The second-order valence-electron chi connectivity index (χ2n) is 9.19. The molecule has 0 spiro atoms. The molecule has 2 aromatic carbocycles. The first-order valence-corrected chi connectivity index (χ1v) is 12.2. The Hall–Kier alpha value is -3.39. The van der Waals surface area contributed by atoms with Crippen LogP contribution in [0.1, 0.15) is 49.7 Å². The summed E-state index contributed by atoms with van der Waals surface area (Å²) >= 11 is 0. The first kappa shape index (κ1) is 24.7. The Bertz CT molecular complexity index is 1030. The molecule has 4 rings (SSSR count). The van der Waals surface area contributed by atoms with Crippen LogP contribution in [0.2, 0.25) is 0 Å². The van der Waals surface area contributed by atoms with Gasteiger partial charge in [0, 0.05) is 24.9 Å². The molecule has 1 aliphatic heterocycles. The maximum Gasteiger partial charge on any atom is 0.407 e. The van der Waals surface area contributed by atoms with E-state index >= 15 is 0 Å². The predicted molar refractivity (Wildman–Crippen MR) is 130 cm³/mol. The monoisotopic (exact) mass is 480 g/mol. The highest BCUT2D eigenvalue weighted by Gasteiger charge is 2.31. The lowest BCUT2D eigenvalue weighted by atomic mass is 9.98.